The number of fused-ring (bicyclic) bond motifs is 2. The van der Waals surface area contributed by atoms with Gasteiger partial charge in [-0.1, -0.05) is 65.8 Å². The Morgan fingerprint density at radius 1 is 1.15 bits per heavy atom. The first-order chi connectivity index (χ1) is 24.8. The maximum absolute atomic E-state index is 16.5. The molecule has 4 heterocycles. The second-order valence-electron chi connectivity index (χ2n) is 15.3. The molecule has 52 heavy (non-hydrogen) atoms. The maximum Gasteiger partial charge on any atom is 0.264 e. The van der Waals surface area contributed by atoms with Crippen molar-refractivity contribution >= 4 is 31.6 Å². The molecule has 3 aliphatic heterocycles. The van der Waals surface area contributed by atoms with E-state index in [1.54, 1.807) is 27.6 Å². The third-order valence-electron chi connectivity index (χ3n) is 11.0. The van der Waals surface area contributed by atoms with Gasteiger partial charge in [-0.3, -0.25) is 14.3 Å². The maximum atomic E-state index is 16.5. The summed E-state index contributed by atoms with van der Waals surface area (Å²) in [5, 5.41) is 22.1. The van der Waals surface area contributed by atoms with Crippen LogP contribution in [0.3, 0.4) is 0 Å². The summed E-state index contributed by atoms with van der Waals surface area (Å²) >= 11 is 0. The predicted octanol–water partition coefficient (Wildman–Crippen LogP) is 6.24. The molecule has 5 atom stereocenters. The normalized spacial score (nSPS) is 24.2. The van der Waals surface area contributed by atoms with Gasteiger partial charge >= 0.3 is 0 Å². The largest absolute Gasteiger partial charge is 0.395 e. The van der Waals surface area contributed by atoms with Crippen molar-refractivity contribution in [2.75, 3.05) is 42.6 Å². The van der Waals surface area contributed by atoms with Gasteiger partial charge in [0.25, 0.3) is 5.91 Å². The van der Waals surface area contributed by atoms with Crippen LogP contribution in [-0.2, 0) is 26.5 Å². The van der Waals surface area contributed by atoms with Crippen molar-refractivity contribution in [3.05, 3.63) is 94.8 Å². The molecule has 278 valence electrons. The minimum absolute atomic E-state index is 0.0345. The molecule has 0 radical (unpaired) electrons. The first kappa shape index (κ1) is 37.8. The number of ether oxygens (including phenoxy) is 1. The average molecular weight is 729 g/mol. The lowest BCUT2D eigenvalue weighted by molar-refractivity contribution is -0.145. The highest BCUT2D eigenvalue weighted by atomic mass is 28.4. The van der Waals surface area contributed by atoms with Crippen LogP contribution >= 0.6 is 0 Å². The van der Waals surface area contributed by atoms with Gasteiger partial charge in [0.15, 0.2) is 5.60 Å². The summed E-state index contributed by atoms with van der Waals surface area (Å²) in [6.07, 6.45) is 7.84. The Morgan fingerprint density at radius 3 is 2.62 bits per heavy atom. The van der Waals surface area contributed by atoms with Crippen LogP contribution < -0.4 is 15.1 Å². The number of halogens is 1. The molecule has 1 unspecified atom stereocenters. The molecule has 0 saturated carbocycles. The number of piperazine rings is 1. The summed E-state index contributed by atoms with van der Waals surface area (Å²) in [6, 6.07) is 15.5. The Labute approximate surface area is 307 Å². The summed E-state index contributed by atoms with van der Waals surface area (Å²) in [6.45, 7) is 13.7. The topological polar surface area (TPSA) is 113 Å². The average Bonchev–Trinajstić information content (AvgIpc) is 3.76. The number of aliphatic hydroxyl groups is 1. The molecule has 1 aromatic heterocycles. The molecule has 3 aromatic rings. The molecular formula is C40H53FN6O4Si. The van der Waals surface area contributed by atoms with Gasteiger partial charge in [-0.2, -0.15) is 0 Å². The monoisotopic (exact) mass is 728 g/mol. The number of benzene rings is 2. The standard InChI is InChI=1S/C40H53FN6O4Si/c1-27(2)11-10-12-28(3)17-21-47-35-16-15-31(46-22-19-42-24-37(46)49)23-33(35)40(39(47)50)29(4)38(52(5,6)41)36(51-40)18-20-45-25-34(43-44-45)32(26-48)30-13-8-7-9-14-30/h7-9,11,13-17,23,25,29,32,36,38,42,48H,10,12,18-22,24,26H2,1-6H3/b28-17+/t29-,32?,36+,38-,40+/m1/s1. The molecule has 2 fully saturated rings. The van der Waals surface area contributed by atoms with Crippen molar-refractivity contribution in [3.8, 4) is 0 Å². The van der Waals surface area contributed by atoms with E-state index in [4.69, 9.17) is 4.74 Å². The Morgan fingerprint density at radius 2 is 1.92 bits per heavy atom. The van der Waals surface area contributed by atoms with Crippen molar-refractivity contribution in [1.29, 1.82) is 0 Å². The highest BCUT2D eigenvalue weighted by Crippen LogP contribution is 2.60. The Kier molecular flexibility index (Phi) is 11.3. The number of allylic oxidation sites excluding steroid dienone is 3. The van der Waals surface area contributed by atoms with E-state index in [2.05, 4.69) is 48.6 Å². The van der Waals surface area contributed by atoms with Gasteiger partial charge < -0.3 is 29.1 Å². The molecule has 12 heteroatoms. The fourth-order valence-electron chi connectivity index (χ4n) is 8.37. The molecule has 0 bridgehead atoms. The molecule has 2 saturated heterocycles. The number of hydrogen-bond acceptors (Lipinski definition) is 7. The zero-order chi connectivity index (χ0) is 37.2. The second kappa shape index (κ2) is 15.6. The summed E-state index contributed by atoms with van der Waals surface area (Å²) in [7, 11) is -3.40. The van der Waals surface area contributed by atoms with Gasteiger partial charge in [0.05, 0.1) is 36.6 Å². The van der Waals surface area contributed by atoms with Crippen LogP contribution in [-0.4, -0.2) is 79.2 Å². The van der Waals surface area contributed by atoms with Crippen molar-refractivity contribution in [3.63, 3.8) is 0 Å². The number of aryl methyl sites for hydroxylation is 1. The minimum atomic E-state index is -3.40. The van der Waals surface area contributed by atoms with Gasteiger partial charge in [-0.05, 0) is 76.9 Å². The van der Waals surface area contributed by atoms with Crippen molar-refractivity contribution in [2.45, 2.75) is 89.8 Å². The third kappa shape index (κ3) is 7.44. The molecular weight excluding hydrogens is 676 g/mol. The van der Waals surface area contributed by atoms with Crippen molar-refractivity contribution < 1.29 is 23.5 Å². The highest BCUT2D eigenvalue weighted by molar-refractivity contribution is 6.72. The number of nitrogens with zero attached hydrogens (tertiary/aromatic N) is 5. The molecule has 0 aliphatic carbocycles. The van der Waals surface area contributed by atoms with Crippen molar-refractivity contribution in [1.82, 2.24) is 20.3 Å². The first-order valence-corrected chi connectivity index (χ1v) is 21.5. The second-order valence-corrected chi connectivity index (χ2v) is 19.1. The van der Waals surface area contributed by atoms with E-state index < -0.39 is 31.6 Å². The van der Waals surface area contributed by atoms with E-state index in [0.717, 1.165) is 24.1 Å². The summed E-state index contributed by atoms with van der Waals surface area (Å²) in [4.78, 5) is 31.4. The highest BCUT2D eigenvalue weighted by Gasteiger charge is 2.66. The molecule has 6 rings (SSSR count). The fraction of sp³-hybridized carbons (Fsp3) is 0.500. The number of nitrogens with one attached hydrogen (secondary N) is 1. The van der Waals surface area contributed by atoms with Crippen LogP contribution in [0, 0.1) is 5.92 Å². The van der Waals surface area contributed by atoms with E-state index in [9.17, 15) is 14.7 Å². The van der Waals surface area contributed by atoms with Gasteiger partial charge in [0, 0.05) is 55.1 Å². The van der Waals surface area contributed by atoms with Crippen LogP contribution in [0.1, 0.15) is 69.7 Å². The van der Waals surface area contributed by atoms with E-state index in [1.165, 1.54) is 11.1 Å². The summed E-state index contributed by atoms with van der Waals surface area (Å²) in [5.74, 6) is -0.992. The van der Waals surface area contributed by atoms with Gasteiger partial charge in [0.2, 0.25) is 14.3 Å². The van der Waals surface area contributed by atoms with Gasteiger partial charge in [-0.15, -0.1) is 5.10 Å². The Balaban J connectivity index is 1.32. The molecule has 10 nitrogen and oxygen atoms in total. The van der Waals surface area contributed by atoms with E-state index >= 15 is 4.11 Å². The van der Waals surface area contributed by atoms with E-state index in [1.807, 2.05) is 61.7 Å². The number of rotatable bonds is 13. The molecule has 3 aliphatic rings. The minimum Gasteiger partial charge on any atom is -0.395 e. The summed E-state index contributed by atoms with van der Waals surface area (Å²) < 4.78 is 25.3. The Hall–Kier alpha value is -3.97. The number of amides is 2. The molecule has 2 N–H and O–H groups in total. The molecule has 2 aromatic carbocycles. The van der Waals surface area contributed by atoms with Crippen LogP contribution in [0.25, 0.3) is 0 Å². The van der Waals surface area contributed by atoms with Crippen LogP contribution in [0.4, 0.5) is 15.5 Å². The summed E-state index contributed by atoms with van der Waals surface area (Å²) in [5.41, 5.74) is 4.34. The number of carbonyl (C=O) groups is 2. The lowest BCUT2D eigenvalue weighted by Crippen LogP contribution is -2.48. The first-order valence-electron chi connectivity index (χ1n) is 18.5. The number of hydrogen-bond donors (Lipinski definition) is 2. The van der Waals surface area contributed by atoms with E-state index in [0.29, 0.717) is 49.5 Å². The smallest absolute Gasteiger partial charge is 0.264 e. The van der Waals surface area contributed by atoms with Crippen LogP contribution in [0.2, 0.25) is 18.6 Å². The zero-order valence-electron chi connectivity index (χ0n) is 31.3. The zero-order valence-corrected chi connectivity index (χ0v) is 32.3. The predicted molar refractivity (Wildman–Crippen MR) is 205 cm³/mol. The number of aliphatic hydroxyl groups excluding tert-OH is 1. The fourth-order valence-corrected chi connectivity index (χ4v) is 10.9. The quantitative estimate of drug-likeness (QED) is 0.122. The number of carbonyl (C=O) groups excluding carboxylic acids is 2. The molecule has 2 amide bonds. The van der Waals surface area contributed by atoms with Gasteiger partial charge in [0.1, 0.15) is 0 Å². The van der Waals surface area contributed by atoms with E-state index in [-0.39, 0.29) is 30.9 Å². The molecule has 1 spiro atoms. The van der Waals surface area contributed by atoms with Crippen molar-refractivity contribution in [2.24, 2.45) is 5.92 Å². The van der Waals surface area contributed by atoms with Gasteiger partial charge in [-0.25, -0.2) is 0 Å². The third-order valence-corrected chi connectivity index (χ3v) is 13.5. The SMILES string of the molecule is CC(C)=CCC/C(C)=C/CN1C(=O)[C@@]2(O[C@@H](CCn3cc(C(CO)c4ccccc4)nn3)[C@H]([Si](C)(C)F)[C@H]2C)c2cc(N3CCNCC3=O)ccc21. The lowest BCUT2D eigenvalue weighted by atomic mass is 9.82. The lowest BCUT2D eigenvalue weighted by Gasteiger charge is -2.32. The van der Waals surface area contributed by atoms with Crippen LogP contribution in [0.15, 0.2) is 78.0 Å². The van der Waals surface area contributed by atoms with Crippen LogP contribution in [0.5, 0.6) is 0 Å². The number of anilines is 2. The number of aromatic nitrogens is 3. The Bertz CT molecular complexity index is 1820.